The molecule has 0 bridgehead atoms. The predicted molar refractivity (Wildman–Crippen MR) is 104 cm³/mol. The van der Waals surface area contributed by atoms with Crippen LogP contribution in [0.2, 0.25) is 0 Å². The van der Waals surface area contributed by atoms with E-state index in [-0.39, 0.29) is 18.5 Å². The van der Waals surface area contributed by atoms with Crippen LogP contribution in [-0.2, 0) is 4.79 Å². The largest absolute Gasteiger partial charge is 0.467 e. The maximum Gasteiger partial charge on any atom is 0.238 e. The third-order valence-corrected chi connectivity index (χ3v) is 4.28. The highest BCUT2D eigenvalue weighted by Gasteiger charge is 2.18. The van der Waals surface area contributed by atoms with Gasteiger partial charge in [0.1, 0.15) is 5.76 Å². The molecule has 0 radical (unpaired) electrons. The molecule has 0 saturated carbocycles. The van der Waals surface area contributed by atoms with Gasteiger partial charge in [0.25, 0.3) is 0 Å². The van der Waals surface area contributed by atoms with Crippen LogP contribution in [-0.4, -0.2) is 12.5 Å². The van der Waals surface area contributed by atoms with Crippen molar-refractivity contribution in [1.82, 2.24) is 5.32 Å². The van der Waals surface area contributed by atoms with Crippen LogP contribution in [0.4, 0.5) is 5.69 Å². The molecule has 2 N–H and O–H groups in total. The van der Waals surface area contributed by atoms with Gasteiger partial charge >= 0.3 is 0 Å². The summed E-state index contributed by atoms with van der Waals surface area (Å²) in [5.74, 6) is 1.05. The van der Waals surface area contributed by atoms with E-state index < -0.39 is 0 Å². The van der Waals surface area contributed by atoms with Crippen LogP contribution < -0.4 is 10.6 Å². The molecule has 1 aromatic heterocycles. The fraction of sp³-hybridized carbons (Fsp3) is 0.227. The van der Waals surface area contributed by atoms with Crippen molar-refractivity contribution >= 4 is 11.6 Å². The summed E-state index contributed by atoms with van der Waals surface area (Å²) in [4.78, 5) is 12.5. The smallest absolute Gasteiger partial charge is 0.238 e. The van der Waals surface area contributed by atoms with Gasteiger partial charge in [0.05, 0.1) is 18.8 Å². The average Bonchev–Trinajstić information content (AvgIpc) is 3.17. The Balaban J connectivity index is 1.69. The number of carbonyl (C=O) groups excluding carboxylic acids is 1. The number of benzene rings is 2. The van der Waals surface area contributed by atoms with Crippen LogP contribution in [0.3, 0.4) is 0 Å². The molecule has 0 spiro atoms. The zero-order valence-corrected chi connectivity index (χ0v) is 15.1. The van der Waals surface area contributed by atoms with Gasteiger partial charge in [0.15, 0.2) is 0 Å². The summed E-state index contributed by atoms with van der Waals surface area (Å²) in [6, 6.07) is 21.5. The maximum atomic E-state index is 12.5. The van der Waals surface area contributed by atoms with Crippen molar-refractivity contribution in [3.63, 3.8) is 0 Å². The molecule has 134 valence electrons. The summed E-state index contributed by atoms with van der Waals surface area (Å²) in [7, 11) is 0. The molecule has 2 aromatic carbocycles. The molecule has 4 heteroatoms. The van der Waals surface area contributed by atoms with Gasteiger partial charge in [-0.15, -0.1) is 0 Å². The highest BCUT2D eigenvalue weighted by molar-refractivity contribution is 5.93. The van der Waals surface area contributed by atoms with E-state index in [1.165, 1.54) is 0 Å². The van der Waals surface area contributed by atoms with E-state index in [1.54, 1.807) is 6.26 Å². The van der Waals surface area contributed by atoms with E-state index in [0.717, 1.165) is 22.6 Å². The Kier molecular flexibility index (Phi) is 5.87. The van der Waals surface area contributed by atoms with Crippen molar-refractivity contribution in [3.05, 3.63) is 89.9 Å². The van der Waals surface area contributed by atoms with Gasteiger partial charge in [-0.2, -0.15) is 0 Å². The van der Waals surface area contributed by atoms with Crippen molar-refractivity contribution in [2.75, 3.05) is 11.9 Å². The second-order valence-corrected chi connectivity index (χ2v) is 6.53. The SMILES string of the molecule is CC(C)c1ccccc1NC(=O)CN[C@@H](c1ccccc1)c1ccco1. The molecule has 1 atom stereocenters. The van der Waals surface area contributed by atoms with Gasteiger partial charge < -0.3 is 9.73 Å². The maximum absolute atomic E-state index is 12.5. The Morgan fingerprint density at radius 1 is 0.962 bits per heavy atom. The quantitative estimate of drug-likeness (QED) is 0.649. The number of hydrogen-bond donors (Lipinski definition) is 2. The lowest BCUT2D eigenvalue weighted by atomic mass is 10.0. The predicted octanol–water partition coefficient (Wildman–Crippen LogP) is 4.72. The molecule has 0 unspecified atom stereocenters. The van der Waals surface area contributed by atoms with Gasteiger partial charge in [0, 0.05) is 5.69 Å². The minimum atomic E-state index is -0.169. The standard InChI is InChI=1S/C22H24N2O2/c1-16(2)18-11-6-7-12-19(18)24-21(25)15-23-22(20-13-8-14-26-20)17-9-4-3-5-10-17/h3-14,16,22-23H,15H2,1-2H3,(H,24,25)/t22-/m0/s1. The molecule has 0 aliphatic rings. The van der Waals surface area contributed by atoms with Gasteiger partial charge in [0.2, 0.25) is 5.91 Å². The molecular formula is C22H24N2O2. The van der Waals surface area contributed by atoms with Gasteiger partial charge in [-0.05, 0) is 35.2 Å². The molecular weight excluding hydrogens is 324 g/mol. The summed E-state index contributed by atoms with van der Waals surface area (Å²) in [5, 5.41) is 6.31. The number of rotatable bonds is 7. The van der Waals surface area contributed by atoms with Crippen LogP contribution >= 0.6 is 0 Å². The number of amides is 1. The number of para-hydroxylation sites is 1. The first-order valence-electron chi connectivity index (χ1n) is 8.85. The zero-order valence-electron chi connectivity index (χ0n) is 15.1. The fourth-order valence-corrected chi connectivity index (χ4v) is 2.99. The second kappa shape index (κ2) is 8.50. The Hall–Kier alpha value is -2.85. The molecule has 0 fully saturated rings. The first kappa shape index (κ1) is 18.0. The third-order valence-electron chi connectivity index (χ3n) is 4.28. The lowest BCUT2D eigenvalue weighted by Gasteiger charge is -2.18. The first-order valence-corrected chi connectivity index (χ1v) is 8.85. The van der Waals surface area contributed by atoms with E-state index in [4.69, 9.17) is 4.42 Å². The number of nitrogens with one attached hydrogen (secondary N) is 2. The number of anilines is 1. The second-order valence-electron chi connectivity index (χ2n) is 6.53. The zero-order chi connectivity index (χ0) is 18.4. The van der Waals surface area contributed by atoms with Crippen LogP contribution in [0.15, 0.2) is 77.4 Å². The van der Waals surface area contributed by atoms with Crippen LogP contribution in [0, 0.1) is 0 Å². The van der Waals surface area contributed by atoms with Crippen molar-refractivity contribution in [3.8, 4) is 0 Å². The summed E-state index contributed by atoms with van der Waals surface area (Å²) >= 11 is 0. The fourth-order valence-electron chi connectivity index (χ4n) is 2.99. The Labute approximate surface area is 154 Å². The average molecular weight is 348 g/mol. The molecule has 0 aliphatic heterocycles. The first-order chi connectivity index (χ1) is 12.6. The molecule has 0 saturated heterocycles. The highest BCUT2D eigenvalue weighted by Crippen LogP contribution is 2.24. The lowest BCUT2D eigenvalue weighted by Crippen LogP contribution is -2.32. The minimum Gasteiger partial charge on any atom is -0.467 e. The number of carbonyl (C=O) groups is 1. The van der Waals surface area contributed by atoms with Crippen LogP contribution in [0.1, 0.15) is 42.7 Å². The Morgan fingerprint density at radius 2 is 1.69 bits per heavy atom. The summed E-state index contributed by atoms with van der Waals surface area (Å²) in [5.41, 5.74) is 3.05. The molecule has 3 aromatic rings. The van der Waals surface area contributed by atoms with Gasteiger partial charge in [-0.3, -0.25) is 10.1 Å². The minimum absolute atomic E-state index is 0.0782. The molecule has 4 nitrogen and oxygen atoms in total. The number of hydrogen-bond acceptors (Lipinski definition) is 3. The van der Waals surface area contributed by atoms with E-state index >= 15 is 0 Å². The van der Waals surface area contributed by atoms with E-state index in [1.807, 2.05) is 66.7 Å². The Morgan fingerprint density at radius 3 is 2.38 bits per heavy atom. The molecule has 3 rings (SSSR count). The van der Waals surface area contributed by atoms with Crippen LogP contribution in [0.25, 0.3) is 0 Å². The number of furan rings is 1. The van der Waals surface area contributed by atoms with E-state index in [9.17, 15) is 4.79 Å². The molecule has 0 aliphatic carbocycles. The van der Waals surface area contributed by atoms with E-state index in [0.29, 0.717) is 5.92 Å². The topological polar surface area (TPSA) is 54.3 Å². The molecule has 26 heavy (non-hydrogen) atoms. The van der Waals surface area contributed by atoms with Crippen molar-refractivity contribution in [2.45, 2.75) is 25.8 Å². The van der Waals surface area contributed by atoms with Crippen molar-refractivity contribution in [2.24, 2.45) is 0 Å². The normalized spacial score (nSPS) is 12.1. The highest BCUT2D eigenvalue weighted by atomic mass is 16.3. The van der Waals surface area contributed by atoms with E-state index in [2.05, 4.69) is 24.5 Å². The van der Waals surface area contributed by atoms with Gasteiger partial charge in [-0.25, -0.2) is 0 Å². The van der Waals surface area contributed by atoms with Crippen LogP contribution in [0.5, 0.6) is 0 Å². The molecule has 1 heterocycles. The lowest BCUT2D eigenvalue weighted by molar-refractivity contribution is -0.115. The van der Waals surface area contributed by atoms with Crippen molar-refractivity contribution in [1.29, 1.82) is 0 Å². The monoisotopic (exact) mass is 348 g/mol. The summed E-state index contributed by atoms with van der Waals surface area (Å²) < 4.78 is 5.56. The summed E-state index contributed by atoms with van der Waals surface area (Å²) in [6.45, 7) is 4.42. The van der Waals surface area contributed by atoms with Crippen molar-refractivity contribution < 1.29 is 9.21 Å². The molecule has 1 amide bonds. The third kappa shape index (κ3) is 4.41. The summed E-state index contributed by atoms with van der Waals surface area (Å²) in [6.07, 6.45) is 1.64. The Bertz CT molecular complexity index is 826. The van der Waals surface area contributed by atoms with Gasteiger partial charge in [-0.1, -0.05) is 62.4 Å².